The Balaban J connectivity index is 0. The molecule has 1 amide bonds. The molecule has 5 nitrogen and oxygen atoms in total. The summed E-state index contributed by atoms with van der Waals surface area (Å²) in [6.45, 7) is 6.63. The molecule has 18 heavy (non-hydrogen) atoms. The second-order valence-electron chi connectivity index (χ2n) is 4.90. The predicted octanol–water partition coefficient (Wildman–Crippen LogP) is 0.580. The molecular formula is C11H25ClN2O3S. The first kappa shape index (κ1) is 20.0. The van der Waals surface area contributed by atoms with Gasteiger partial charge in [-0.3, -0.25) is 4.79 Å². The van der Waals surface area contributed by atoms with Crippen molar-refractivity contribution >= 4 is 28.2 Å². The normalized spacial score (nSPS) is 12.9. The molecule has 0 fully saturated rings. The maximum atomic E-state index is 11.5. The highest BCUT2D eigenvalue weighted by Crippen LogP contribution is 2.02. The summed E-state index contributed by atoms with van der Waals surface area (Å²) in [5.41, 5.74) is 5.41. The number of rotatable bonds is 8. The molecule has 0 rings (SSSR count). The van der Waals surface area contributed by atoms with E-state index in [1.165, 1.54) is 0 Å². The molecule has 0 aliphatic rings. The van der Waals surface area contributed by atoms with E-state index in [9.17, 15) is 13.2 Å². The summed E-state index contributed by atoms with van der Waals surface area (Å²) in [7, 11) is -3.11. The predicted molar refractivity (Wildman–Crippen MR) is 76.6 cm³/mol. The minimum absolute atomic E-state index is 0. The van der Waals surface area contributed by atoms with Crippen molar-refractivity contribution < 1.29 is 13.2 Å². The topological polar surface area (TPSA) is 89.3 Å². The number of sulfone groups is 1. The Kier molecular flexibility index (Phi) is 10.6. The van der Waals surface area contributed by atoms with Crippen LogP contribution in [0.3, 0.4) is 0 Å². The number of nitrogens with one attached hydrogen (secondary N) is 1. The third-order valence-corrected chi connectivity index (χ3v) is 4.28. The van der Waals surface area contributed by atoms with Gasteiger partial charge in [0, 0.05) is 13.0 Å². The molecule has 3 N–H and O–H groups in total. The molecular weight excluding hydrogens is 276 g/mol. The third-order valence-electron chi connectivity index (χ3n) is 2.28. The van der Waals surface area contributed by atoms with Gasteiger partial charge in [-0.1, -0.05) is 20.8 Å². The van der Waals surface area contributed by atoms with Crippen LogP contribution in [0.4, 0.5) is 0 Å². The van der Waals surface area contributed by atoms with Crippen LogP contribution < -0.4 is 11.1 Å². The summed E-state index contributed by atoms with van der Waals surface area (Å²) in [6.07, 6.45) is 0.0341. The molecule has 1 unspecified atom stereocenters. The van der Waals surface area contributed by atoms with Gasteiger partial charge in [-0.25, -0.2) is 8.42 Å². The molecule has 110 valence electrons. The second kappa shape index (κ2) is 9.58. The van der Waals surface area contributed by atoms with Crippen molar-refractivity contribution in [1.82, 2.24) is 5.32 Å². The maximum Gasteiger partial charge on any atom is 0.221 e. The summed E-state index contributed by atoms with van der Waals surface area (Å²) in [5, 5.41) is 2.68. The minimum Gasteiger partial charge on any atom is -0.356 e. The smallest absolute Gasteiger partial charge is 0.221 e. The van der Waals surface area contributed by atoms with Gasteiger partial charge in [0.15, 0.2) is 9.84 Å². The van der Waals surface area contributed by atoms with Gasteiger partial charge < -0.3 is 11.1 Å². The van der Waals surface area contributed by atoms with E-state index >= 15 is 0 Å². The quantitative estimate of drug-likeness (QED) is 0.686. The lowest BCUT2D eigenvalue weighted by Gasteiger charge is -2.10. The summed E-state index contributed by atoms with van der Waals surface area (Å²) in [6, 6.07) is 0. The number of nitrogens with two attached hydrogens (primary N) is 1. The maximum absolute atomic E-state index is 11.5. The lowest BCUT2D eigenvalue weighted by Crippen LogP contribution is -2.32. The molecule has 0 saturated carbocycles. The zero-order chi connectivity index (χ0) is 13.5. The lowest BCUT2D eigenvalue weighted by molar-refractivity contribution is -0.120. The SMILES string of the molecule is CC(C)CS(=O)(=O)CCC(=O)NCC(C)CN.Cl. The van der Waals surface area contributed by atoms with E-state index in [4.69, 9.17) is 5.73 Å². The average Bonchev–Trinajstić information content (AvgIpc) is 2.21. The molecule has 0 aromatic carbocycles. The molecule has 0 aromatic heterocycles. The molecule has 7 heteroatoms. The van der Waals surface area contributed by atoms with E-state index in [0.717, 1.165) is 0 Å². The van der Waals surface area contributed by atoms with Crippen LogP contribution in [-0.2, 0) is 14.6 Å². The van der Waals surface area contributed by atoms with E-state index < -0.39 is 9.84 Å². The van der Waals surface area contributed by atoms with Crippen molar-refractivity contribution in [2.75, 3.05) is 24.6 Å². The average molecular weight is 301 g/mol. The molecule has 1 atom stereocenters. The Hall–Kier alpha value is -0.330. The van der Waals surface area contributed by atoms with Crippen molar-refractivity contribution in [2.24, 2.45) is 17.6 Å². The van der Waals surface area contributed by atoms with E-state index in [-0.39, 0.29) is 48.1 Å². The van der Waals surface area contributed by atoms with Crippen molar-refractivity contribution in [3.8, 4) is 0 Å². The van der Waals surface area contributed by atoms with Crippen molar-refractivity contribution in [3.05, 3.63) is 0 Å². The highest BCUT2D eigenvalue weighted by atomic mass is 35.5. The fourth-order valence-corrected chi connectivity index (χ4v) is 2.98. The highest BCUT2D eigenvalue weighted by molar-refractivity contribution is 7.91. The van der Waals surface area contributed by atoms with E-state index in [1.54, 1.807) is 0 Å². The van der Waals surface area contributed by atoms with Crippen LogP contribution in [0.1, 0.15) is 27.2 Å². The number of amides is 1. The molecule has 0 heterocycles. The van der Waals surface area contributed by atoms with Gasteiger partial charge in [-0.05, 0) is 18.4 Å². The Morgan fingerprint density at radius 1 is 1.28 bits per heavy atom. The fourth-order valence-electron chi connectivity index (χ4n) is 1.30. The number of halogens is 1. The third kappa shape index (κ3) is 10.8. The van der Waals surface area contributed by atoms with Crippen LogP contribution in [-0.4, -0.2) is 38.9 Å². The zero-order valence-corrected chi connectivity index (χ0v) is 12.9. The molecule has 0 aliphatic carbocycles. The Bertz CT molecular complexity index is 331. The summed E-state index contributed by atoms with van der Waals surface area (Å²) in [5.74, 6) is 0.150. The first-order valence-electron chi connectivity index (χ1n) is 5.94. The van der Waals surface area contributed by atoms with Crippen LogP contribution >= 0.6 is 12.4 Å². The monoisotopic (exact) mass is 300 g/mol. The van der Waals surface area contributed by atoms with Gasteiger partial charge in [-0.15, -0.1) is 12.4 Å². The van der Waals surface area contributed by atoms with Gasteiger partial charge in [-0.2, -0.15) is 0 Å². The van der Waals surface area contributed by atoms with Crippen LogP contribution in [0.25, 0.3) is 0 Å². The van der Waals surface area contributed by atoms with E-state index in [2.05, 4.69) is 5.32 Å². The van der Waals surface area contributed by atoms with Gasteiger partial charge in [0.25, 0.3) is 0 Å². The van der Waals surface area contributed by atoms with Crippen LogP contribution in [0.2, 0.25) is 0 Å². The number of hydrogen-bond donors (Lipinski definition) is 2. The van der Waals surface area contributed by atoms with Gasteiger partial charge in [0.1, 0.15) is 0 Å². The largest absolute Gasteiger partial charge is 0.356 e. The van der Waals surface area contributed by atoms with Gasteiger partial charge >= 0.3 is 0 Å². The Morgan fingerprint density at radius 2 is 1.83 bits per heavy atom. The molecule has 0 aliphatic heterocycles. The Morgan fingerprint density at radius 3 is 2.28 bits per heavy atom. The molecule has 0 aromatic rings. The van der Waals surface area contributed by atoms with Crippen molar-refractivity contribution in [1.29, 1.82) is 0 Å². The first-order valence-corrected chi connectivity index (χ1v) is 7.76. The minimum atomic E-state index is -3.11. The molecule has 0 radical (unpaired) electrons. The first-order chi connectivity index (χ1) is 7.76. The van der Waals surface area contributed by atoms with E-state index in [1.807, 2.05) is 20.8 Å². The van der Waals surface area contributed by atoms with Crippen LogP contribution in [0, 0.1) is 11.8 Å². The second-order valence-corrected chi connectivity index (χ2v) is 7.13. The lowest BCUT2D eigenvalue weighted by atomic mass is 10.2. The van der Waals surface area contributed by atoms with Crippen molar-refractivity contribution in [3.63, 3.8) is 0 Å². The summed E-state index contributed by atoms with van der Waals surface area (Å²) < 4.78 is 23.1. The number of carbonyl (C=O) groups is 1. The number of carbonyl (C=O) groups excluding carboxylic acids is 1. The summed E-state index contributed by atoms with van der Waals surface area (Å²) >= 11 is 0. The van der Waals surface area contributed by atoms with Crippen LogP contribution in [0.5, 0.6) is 0 Å². The standard InChI is InChI=1S/C11H24N2O3S.ClH/c1-9(2)8-17(15,16)5-4-11(14)13-7-10(3)6-12;/h9-10H,4-8,12H2,1-3H3,(H,13,14);1H. The highest BCUT2D eigenvalue weighted by Gasteiger charge is 2.15. The van der Waals surface area contributed by atoms with Crippen molar-refractivity contribution in [2.45, 2.75) is 27.2 Å². The van der Waals surface area contributed by atoms with E-state index in [0.29, 0.717) is 13.1 Å². The van der Waals surface area contributed by atoms with Gasteiger partial charge in [0.05, 0.1) is 11.5 Å². The Labute approximate surface area is 116 Å². The molecule has 0 bridgehead atoms. The fraction of sp³-hybridized carbons (Fsp3) is 0.909. The number of hydrogen-bond acceptors (Lipinski definition) is 4. The summed E-state index contributed by atoms with van der Waals surface area (Å²) in [4.78, 5) is 11.4. The molecule has 0 saturated heterocycles. The van der Waals surface area contributed by atoms with Gasteiger partial charge in [0.2, 0.25) is 5.91 Å². The zero-order valence-electron chi connectivity index (χ0n) is 11.3. The van der Waals surface area contributed by atoms with Crippen LogP contribution in [0.15, 0.2) is 0 Å². The molecule has 0 spiro atoms.